The Morgan fingerprint density at radius 1 is 1.56 bits per heavy atom. The van der Waals surface area contributed by atoms with Crippen molar-refractivity contribution in [3.05, 3.63) is 28.0 Å². The molecule has 0 aliphatic heterocycles. The first-order valence-corrected chi connectivity index (χ1v) is 6.89. The van der Waals surface area contributed by atoms with E-state index in [2.05, 4.69) is 22.3 Å². The van der Waals surface area contributed by atoms with E-state index in [9.17, 15) is 4.79 Å². The Morgan fingerprint density at radius 3 is 3.06 bits per heavy atom. The number of aromatic amines is 1. The van der Waals surface area contributed by atoms with E-state index in [1.165, 1.54) is 11.8 Å². The molecular formula is C11H16N4O2S. The van der Waals surface area contributed by atoms with Gasteiger partial charge in [0.25, 0.3) is 0 Å². The zero-order chi connectivity index (χ0) is 13.0. The number of thioether (sulfide) groups is 1. The zero-order valence-electron chi connectivity index (χ0n) is 10.5. The Hall–Kier alpha value is -1.50. The molecule has 0 unspecified atom stereocenters. The molecule has 0 amide bonds. The van der Waals surface area contributed by atoms with Crippen molar-refractivity contribution in [2.24, 2.45) is 0 Å². The van der Waals surface area contributed by atoms with Gasteiger partial charge in [-0.2, -0.15) is 0 Å². The van der Waals surface area contributed by atoms with Crippen LogP contribution in [-0.2, 0) is 12.3 Å². The van der Waals surface area contributed by atoms with Crippen LogP contribution in [0.4, 0.5) is 0 Å². The van der Waals surface area contributed by atoms with Crippen LogP contribution in [0.3, 0.4) is 0 Å². The number of aryl methyl sites for hydroxylation is 1. The van der Waals surface area contributed by atoms with Crippen LogP contribution in [0.15, 0.2) is 20.5 Å². The van der Waals surface area contributed by atoms with Gasteiger partial charge in [0.05, 0.1) is 11.4 Å². The average molecular weight is 268 g/mol. The van der Waals surface area contributed by atoms with E-state index in [4.69, 9.17) is 4.52 Å². The van der Waals surface area contributed by atoms with Gasteiger partial charge in [-0.25, -0.2) is 9.89 Å². The summed E-state index contributed by atoms with van der Waals surface area (Å²) in [6.45, 7) is 4.67. The largest absolute Gasteiger partial charge is 0.360 e. The molecule has 6 nitrogen and oxygen atoms in total. The molecule has 0 aromatic carbocycles. The molecular weight excluding hydrogens is 252 g/mol. The predicted molar refractivity (Wildman–Crippen MR) is 68.6 cm³/mol. The van der Waals surface area contributed by atoms with Crippen LogP contribution in [0.2, 0.25) is 0 Å². The number of aromatic nitrogens is 4. The lowest BCUT2D eigenvalue weighted by Gasteiger charge is -2.02. The van der Waals surface area contributed by atoms with Crippen molar-refractivity contribution in [3.63, 3.8) is 0 Å². The molecule has 0 radical (unpaired) electrons. The highest BCUT2D eigenvalue weighted by molar-refractivity contribution is 7.98. The number of hydrogen-bond donors (Lipinski definition) is 1. The predicted octanol–water partition coefficient (Wildman–Crippen LogP) is 1.96. The maximum Gasteiger partial charge on any atom is 0.343 e. The van der Waals surface area contributed by atoms with E-state index < -0.39 is 0 Å². The van der Waals surface area contributed by atoms with Gasteiger partial charge in [0.1, 0.15) is 5.76 Å². The van der Waals surface area contributed by atoms with E-state index in [1.807, 2.05) is 13.0 Å². The molecule has 2 rings (SSSR count). The molecule has 7 heteroatoms. The first-order valence-electron chi connectivity index (χ1n) is 5.91. The molecule has 18 heavy (non-hydrogen) atoms. The lowest BCUT2D eigenvalue weighted by atomic mass is 10.3. The summed E-state index contributed by atoms with van der Waals surface area (Å²) in [5, 5.41) is 11.0. The SMILES string of the molecule is CCCCn1c(SCc2cc(C)no2)n[nH]c1=O. The fourth-order valence-corrected chi connectivity index (χ4v) is 2.39. The van der Waals surface area contributed by atoms with Crippen molar-refractivity contribution in [1.82, 2.24) is 19.9 Å². The van der Waals surface area contributed by atoms with E-state index in [1.54, 1.807) is 4.57 Å². The lowest BCUT2D eigenvalue weighted by molar-refractivity contribution is 0.391. The minimum atomic E-state index is -0.153. The van der Waals surface area contributed by atoms with Crippen LogP contribution < -0.4 is 5.69 Å². The molecule has 1 N–H and O–H groups in total. The van der Waals surface area contributed by atoms with Crippen LogP contribution in [0.25, 0.3) is 0 Å². The van der Waals surface area contributed by atoms with Crippen LogP contribution >= 0.6 is 11.8 Å². The van der Waals surface area contributed by atoms with Crippen LogP contribution in [0.5, 0.6) is 0 Å². The topological polar surface area (TPSA) is 76.7 Å². The quantitative estimate of drug-likeness (QED) is 0.810. The first kappa shape index (κ1) is 12.9. The molecule has 0 fully saturated rings. The number of rotatable bonds is 6. The molecule has 0 bridgehead atoms. The van der Waals surface area contributed by atoms with E-state index >= 15 is 0 Å². The van der Waals surface area contributed by atoms with Crippen molar-refractivity contribution < 1.29 is 4.52 Å². The highest BCUT2D eigenvalue weighted by Crippen LogP contribution is 2.20. The summed E-state index contributed by atoms with van der Waals surface area (Å²) < 4.78 is 6.78. The summed E-state index contributed by atoms with van der Waals surface area (Å²) in [4.78, 5) is 11.6. The second-order valence-electron chi connectivity index (χ2n) is 4.04. The minimum Gasteiger partial charge on any atom is -0.360 e. The average Bonchev–Trinajstić information content (AvgIpc) is 2.91. The van der Waals surface area contributed by atoms with Gasteiger partial charge in [-0.15, -0.1) is 5.10 Å². The normalized spacial score (nSPS) is 11.0. The Kier molecular flexibility index (Phi) is 4.24. The lowest BCUT2D eigenvalue weighted by Crippen LogP contribution is -2.17. The molecule has 2 heterocycles. The second kappa shape index (κ2) is 5.90. The molecule has 2 aromatic rings. The smallest absolute Gasteiger partial charge is 0.343 e. The van der Waals surface area contributed by atoms with Gasteiger partial charge in [0, 0.05) is 12.6 Å². The van der Waals surface area contributed by atoms with E-state index in [-0.39, 0.29) is 5.69 Å². The second-order valence-corrected chi connectivity index (χ2v) is 4.98. The van der Waals surface area contributed by atoms with Crippen molar-refractivity contribution >= 4 is 11.8 Å². The maximum absolute atomic E-state index is 11.6. The number of nitrogens with zero attached hydrogens (tertiary/aromatic N) is 3. The van der Waals surface area contributed by atoms with Crippen molar-refractivity contribution in [2.45, 2.75) is 44.1 Å². The fraction of sp³-hybridized carbons (Fsp3) is 0.545. The number of unbranched alkanes of at least 4 members (excludes halogenated alkanes) is 1. The highest BCUT2D eigenvalue weighted by Gasteiger charge is 2.10. The standard InChI is InChI=1S/C11H16N4O2S/c1-3-4-5-15-10(16)12-13-11(15)18-7-9-6-8(2)14-17-9/h6H,3-5,7H2,1-2H3,(H,12,16). The van der Waals surface area contributed by atoms with Crippen LogP contribution in [-0.4, -0.2) is 19.9 Å². The van der Waals surface area contributed by atoms with Gasteiger partial charge in [-0.1, -0.05) is 30.3 Å². The van der Waals surface area contributed by atoms with Gasteiger partial charge in [-0.3, -0.25) is 4.57 Å². The minimum absolute atomic E-state index is 0.153. The Morgan fingerprint density at radius 2 is 2.39 bits per heavy atom. The molecule has 2 aromatic heterocycles. The summed E-state index contributed by atoms with van der Waals surface area (Å²) in [5.41, 5.74) is 0.704. The Bertz CT molecular complexity index is 557. The third-order valence-corrected chi connectivity index (χ3v) is 3.48. The van der Waals surface area contributed by atoms with E-state index in [0.29, 0.717) is 17.5 Å². The fourth-order valence-electron chi connectivity index (χ4n) is 1.55. The first-order chi connectivity index (χ1) is 8.70. The van der Waals surface area contributed by atoms with Gasteiger partial charge in [0.2, 0.25) is 0 Å². The third-order valence-electron chi connectivity index (χ3n) is 2.48. The summed E-state index contributed by atoms with van der Waals surface area (Å²) in [6, 6.07) is 1.88. The maximum atomic E-state index is 11.6. The number of hydrogen-bond acceptors (Lipinski definition) is 5. The van der Waals surface area contributed by atoms with Crippen molar-refractivity contribution in [1.29, 1.82) is 0 Å². The Balaban J connectivity index is 2.02. The number of nitrogens with one attached hydrogen (secondary N) is 1. The zero-order valence-corrected chi connectivity index (χ0v) is 11.3. The van der Waals surface area contributed by atoms with Gasteiger partial charge >= 0.3 is 5.69 Å². The summed E-state index contributed by atoms with van der Waals surface area (Å²) in [5.74, 6) is 1.41. The molecule has 0 aliphatic rings. The molecule has 0 saturated carbocycles. The third kappa shape index (κ3) is 3.04. The molecule has 98 valence electrons. The van der Waals surface area contributed by atoms with Gasteiger partial charge < -0.3 is 4.52 Å². The Labute approximate surface area is 109 Å². The molecule has 0 aliphatic carbocycles. The van der Waals surface area contributed by atoms with Crippen molar-refractivity contribution in [2.75, 3.05) is 0 Å². The van der Waals surface area contributed by atoms with Crippen molar-refractivity contribution in [3.8, 4) is 0 Å². The monoisotopic (exact) mass is 268 g/mol. The molecule has 0 saturated heterocycles. The van der Waals surface area contributed by atoms with Gasteiger partial charge in [-0.05, 0) is 13.3 Å². The van der Waals surface area contributed by atoms with E-state index in [0.717, 1.165) is 24.3 Å². The summed E-state index contributed by atoms with van der Waals surface area (Å²) >= 11 is 1.47. The highest BCUT2D eigenvalue weighted by atomic mass is 32.2. The van der Waals surface area contributed by atoms with Crippen LogP contribution in [0, 0.1) is 6.92 Å². The molecule has 0 atom stereocenters. The molecule has 0 spiro atoms. The number of H-pyrrole nitrogens is 1. The van der Waals surface area contributed by atoms with Gasteiger partial charge in [0.15, 0.2) is 5.16 Å². The summed E-state index contributed by atoms with van der Waals surface area (Å²) in [6.07, 6.45) is 2.01. The van der Waals surface area contributed by atoms with Crippen LogP contribution in [0.1, 0.15) is 31.2 Å². The summed E-state index contributed by atoms with van der Waals surface area (Å²) in [7, 11) is 0.